The van der Waals surface area contributed by atoms with Crippen molar-refractivity contribution in [2.24, 2.45) is 0 Å². The summed E-state index contributed by atoms with van der Waals surface area (Å²) < 4.78 is 6.24. The lowest BCUT2D eigenvalue weighted by Gasteiger charge is -2.07. The molecule has 0 bridgehead atoms. The van der Waals surface area contributed by atoms with Crippen molar-refractivity contribution >= 4 is 55.3 Å². The summed E-state index contributed by atoms with van der Waals surface area (Å²) >= 11 is 2.67. The Hall–Kier alpha value is -3.15. The standard InChI is InChI=1S/C21H16N4O2S2/c1-12-3-6-18-17(7-12)24-21(29-18)25-19(26)11-28-20-14(10-22)8-13-9-15(27-2)4-5-16(13)23-20/h3-9H,11H2,1-2H3,(H,24,25,26). The Kier molecular flexibility index (Phi) is 5.34. The van der Waals surface area contributed by atoms with E-state index in [1.807, 2.05) is 43.3 Å². The van der Waals surface area contributed by atoms with E-state index in [0.717, 1.165) is 26.7 Å². The molecule has 4 rings (SSSR count). The molecule has 0 unspecified atom stereocenters. The number of pyridine rings is 1. The lowest BCUT2D eigenvalue weighted by molar-refractivity contribution is -0.113. The molecule has 0 aliphatic rings. The van der Waals surface area contributed by atoms with Gasteiger partial charge in [0, 0.05) is 5.39 Å². The summed E-state index contributed by atoms with van der Waals surface area (Å²) in [7, 11) is 1.59. The summed E-state index contributed by atoms with van der Waals surface area (Å²) in [5, 5.41) is 14.2. The zero-order chi connectivity index (χ0) is 20.4. The third kappa shape index (κ3) is 4.16. The summed E-state index contributed by atoms with van der Waals surface area (Å²) in [5.41, 5.74) is 3.17. The Morgan fingerprint density at radius 3 is 2.86 bits per heavy atom. The Morgan fingerprint density at radius 1 is 1.21 bits per heavy atom. The summed E-state index contributed by atoms with van der Waals surface area (Å²) in [5.74, 6) is 0.651. The normalized spacial score (nSPS) is 10.8. The van der Waals surface area contributed by atoms with Gasteiger partial charge in [0.15, 0.2) is 5.13 Å². The number of nitrogens with one attached hydrogen (secondary N) is 1. The van der Waals surface area contributed by atoms with Gasteiger partial charge in [0.1, 0.15) is 16.8 Å². The van der Waals surface area contributed by atoms with E-state index in [1.54, 1.807) is 13.2 Å². The first kappa shape index (κ1) is 19.2. The number of ether oxygens (including phenoxy) is 1. The van der Waals surface area contributed by atoms with E-state index in [1.165, 1.54) is 23.1 Å². The second-order valence-corrected chi connectivity index (χ2v) is 8.33. The number of fused-ring (bicyclic) bond motifs is 2. The predicted octanol–water partition coefficient (Wildman–Crippen LogP) is 4.76. The van der Waals surface area contributed by atoms with Crippen molar-refractivity contribution in [3.8, 4) is 11.8 Å². The average Bonchev–Trinajstić information content (AvgIpc) is 3.12. The van der Waals surface area contributed by atoms with Gasteiger partial charge >= 0.3 is 0 Å². The number of aromatic nitrogens is 2. The van der Waals surface area contributed by atoms with Crippen LogP contribution in [0.3, 0.4) is 0 Å². The number of amides is 1. The van der Waals surface area contributed by atoms with Gasteiger partial charge in [0.05, 0.1) is 34.2 Å². The average molecular weight is 421 g/mol. The van der Waals surface area contributed by atoms with Crippen LogP contribution < -0.4 is 10.1 Å². The van der Waals surface area contributed by atoms with E-state index >= 15 is 0 Å². The van der Waals surface area contributed by atoms with Crippen LogP contribution >= 0.6 is 23.1 Å². The molecule has 0 atom stereocenters. The van der Waals surface area contributed by atoms with E-state index in [4.69, 9.17) is 4.74 Å². The molecule has 4 aromatic rings. The van der Waals surface area contributed by atoms with Gasteiger partial charge in [0.2, 0.25) is 5.91 Å². The number of aryl methyl sites for hydroxylation is 1. The van der Waals surface area contributed by atoms with E-state index in [2.05, 4.69) is 21.4 Å². The molecular weight excluding hydrogens is 404 g/mol. The zero-order valence-electron chi connectivity index (χ0n) is 15.7. The number of nitriles is 1. The van der Waals surface area contributed by atoms with Gasteiger partial charge < -0.3 is 10.1 Å². The molecule has 6 nitrogen and oxygen atoms in total. The van der Waals surface area contributed by atoms with Gasteiger partial charge in [-0.05, 0) is 48.9 Å². The van der Waals surface area contributed by atoms with E-state index in [0.29, 0.717) is 21.5 Å². The van der Waals surface area contributed by atoms with E-state index in [-0.39, 0.29) is 11.7 Å². The fourth-order valence-electron chi connectivity index (χ4n) is 2.83. The summed E-state index contributed by atoms with van der Waals surface area (Å²) in [6.45, 7) is 2.01. The maximum Gasteiger partial charge on any atom is 0.236 e. The monoisotopic (exact) mass is 420 g/mol. The fraction of sp³-hybridized carbons (Fsp3) is 0.143. The van der Waals surface area contributed by atoms with Crippen molar-refractivity contribution in [2.75, 3.05) is 18.2 Å². The van der Waals surface area contributed by atoms with E-state index < -0.39 is 0 Å². The molecule has 0 radical (unpaired) electrons. The van der Waals surface area contributed by atoms with Gasteiger partial charge in [-0.2, -0.15) is 5.26 Å². The van der Waals surface area contributed by atoms with Crippen molar-refractivity contribution in [3.05, 3.63) is 53.6 Å². The second-order valence-electron chi connectivity index (χ2n) is 6.34. The number of hydrogen-bond acceptors (Lipinski definition) is 7. The Morgan fingerprint density at radius 2 is 2.07 bits per heavy atom. The van der Waals surface area contributed by atoms with Gasteiger partial charge in [-0.15, -0.1) is 0 Å². The topological polar surface area (TPSA) is 87.9 Å². The fourth-order valence-corrected chi connectivity index (χ4v) is 4.46. The number of carbonyl (C=O) groups is 1. The highest BCUT2D eigenvalue weighted by molar-refractivity contribution is 8.00. The second kappa shape index (κ2) is 8.07. The highest BCUT2D eigenvalue weighted by Gasteiger charge is 2.13. The largest absolute Gasteiger partial charge is 0.497 e. The highest BCUT2D eigenvalue weighted by Crippen LogP contribution is 2.29. The molecule has 29 heavy (non-hydrogen) atoms. The highest BCUT2D eigenvalue weighted by atomic mass is 32.2. The molecule has 1 amide bonds. The van der Waals surface area contributed by atoms with Crippen molar-refractivity contribution < 1.29 is 9.53 Å². The minimum atomic E-state index is -0.189. The van der Waals surface area contributed by atoms with Crippen LogP contribution in [0.4, 0.5) is 5.13 Å². The molecule has 8 heteroatoms. The van der Waals surface area contributed by atoms with Crippen LogP contribution in [0.2, 0.25) is 0 Å². The third-order valence-electron chi connectivity index (χ3n) is 4.24. The zero-order valence-corrected chi connectivity index (χ0v) is 17.4. The van der Waals surface area contributed by atoms with Crippen LogP contribution in [0.25, 0.3) is 21.1 Å². The smallest absolute Gasteiger partial charge is 0.236 e. The third-order valence-corrected chi connectivity index (χ3v) is 6.18. The summed E-state index contributed by atoms with van der Waals surface area (Å²) in [4.78, 5) is 21.4. The van der Waals surface area contributed by atoms with Crippen LogP contribution in [0.1, 0.15) is 11.1 Å². The number of nitrogens with zero attached hydrogens (tertiary/aromatic N) is 3. The molecule has 2 heterocycles. The van der Waals surface area contributed by atoms with Crippen LogP contribution in [-0.2, 0) is 4.79 Å². The molecule has 0 aliphatic carbocycles. The number of thioether (sulfide) groups is 1. The van der Waals surface area contributed by atoms with Crippen LogP contribution in [0.5, 0.6) is 5.75 Å². The molecule has 144 valence electrons. The summed E-state index contributed by atoms with van der Waals surface area (Å²) in [6, 6.07) is 15.4. The Balaban J connectivity index is 1.49. The molecule has 0 spiro atoms. The maximum absolute atomic E-state index is 12.4. The molecule has 0 aliphatic heterocycles. The van der Waals surface area contributed by atoms with Crippen molar-refractivity contribution in [2.45, 2.75) is 11.9 Å². The molecule has 0 saturated heterocycles. The Bertz CT molecular complexity index is 1280. The van der Waals surface area contributed by atoms with Crippen molar-refractivity contribution in [1.82, 2.24) is 9.97 Å². The predicted molar refractivity (Wildman–Crippen MR) is 117 cm³/mol. The minimum Gasteiger partial charge on any atom is -0.497 e. The number of carbonyl (C=O) groups excluding carboxylic acids is 1. The SMILES string of the molecule is COc1ccc2nc(SCC(=O)Nc3nc4cc(C)ccc4s3)c(C#N)cc2c1. The van der Waals surface area contributed by atoms with Gasteiger partial charge in [0.25, 0.3) is 0 Å². The number of benzene rings is 2. The van der Waals surface area contributed by atoms with E-state index in [9.17, 15) is 10.1 Å². The first-order valence-corrected chi connectivity index (χ1v) is 10.5. The Labute approximate surface area is 175 Å². The number of thiazole rings is 1. The number of anilines is 1. The number of methoxy groups -OCH3 is 1. The van der Waals surface area contributed by atoms with Gasteiger partial charge in [-0.3, -0.25) is 4.79 Å². The van der Waals surface area contributed by atoms with Gasteiger partial charge in [-0.1, -0.05) is 29.2 Å². The number of hydrogen-bond donors (Lipinski definition) is 1. The molecule has 1 N–H and O–H groups in total. The van der Waals surface area contributed by atoms with Gasteiger partial charge in [-0.25, -0.2) is 9.97 Å². The van der Waals surface area contributed by atoms with Crippen molar-refractivity contribution in [1.29, 1.82) is 5.26 Å². The first-order chi connectivity index (χ1) is 14.1. The summed E-state index contributed by atoms with van der Waals surface area (Å²) in [6.07, 6.45) is 0. The molecule has 0 fully saturated rings. The van der Waals surface area contributed by atoms with Crippen LogP contribution in [0, 0.1) is 18.3 Å². The van der Waals surface area contributed by atoms with Crippen LogP contribution in [0.15, 0.2) is 47.5 Å². The lowest BCUT2D eigenvalue weighted by atomic mass is 10.1. The van der Waals surface area contributed by atoms with Crippen LogP contribution in [-0.4, -0.2) is 28.7 Å². The molecule has 2 aromatic carbocycles. The minimum absolute atomic E-state index is 0.137. The number of rotatable bonds is 5. The maximum atomic E-state index is 12.4. The molecular formula is C21H16N4O2S2. The quantitative estimate of drug-likeness (QED) is 0.468. The van der Waals surface area contributed by atoms with Crippen molar-refractivity contribution in [3.63, 3.8) is 0 Å². The lowest BCUT2D eigenvalue weighted by Crippen LogP contribution is -2.14. The first-order valence-electron chi connectivity index (χ1n) is 8.74. The molecule has 0 saturated carbocycles. The molecule has 2 aromatic heterocycles.